The second-order valence-corrected chi connectivity index (χ2v) is 5.29. The minimum Gasteiger partial charge on any atom is -0.462 e. The van der Waals surface area contributed by atoms with Crippen LogP contribution >= 0.6 is 0 Å². The van der Waals surface area contributed by atoms with Crippen molar-refractivity contribution in [3.05, 3.63) is 65.7 Å². The molecule has 0 spiro atoms. The van der Waals surface area contributed by atoms with Gasteiger partial charge in [0.25, 0.3) is 0 Å². The van der Waals surface area contributed by atoms with Crippen molar-refractivity contribution in [1.82, 2.24) is 0 Å². The van der Waals surface area contributed by atoms with Gasteiger partial charge < -0.3 is 10.1 Å². The number of nitrogens with one attached hydrogen (secondary N) is 1. The van der Waals surface area contributed by atoms with Gasteiger partial charge in [-0.05, 0) is 24.6 Å². The second-order valence-electron chi connectivity index (χ2n) is 5.29. The predicted octanol–water partition coefficient (Wildman–Crippen LogP) is 3.46. The van der Waals surface area contributed by atoms with Gasteiger partial charge in [-0.1, -0.05) is 36.4 Å². The van der Waals surface area contributed by atoms with E-state index in [1.54, 1.807) is 36.4 Å². The highest BCUT2D eigenvalue weighted by Gasteiger charge is 2.09. The van der Waals surface area contributed by atoms with Crippen LogP contribution in [-0.4, -0.2) is 24.3 Å². The minimum atomic E-state index is -0.477. The fraction of sp³-hybridized carbons (Fsp3) is 0.211. The van der Waals surface area contributed by atoms with Crippen LogP contribution in [0.2, 0.25) is 0 Å². The van der Waals surface area contributed by atoms with E-state index in [2.05, 4.69) is 5.32 Å². The maximum Gasteiger partial charge on any atom is 0.338 e. The monoisotopic (exact) mass is 325 g/mol. The van der Waals surface area contributed by atoms with Crippen LogP contribution < -0.4 is 5.32 Å². The SMILES string of the molecule is CC(=O)Nc1cccc(C(=O)OCCCC(=O)c2ccccc2)c1. The van der Waals surface area contributed by atoms with Crippen molar-refractivity contribution in [3.63, 3.8) is 0 Å². The average molecular weight is 325 g/mol. The molecule has 2 aromatic carbocycles. The molecule has 0 saturated heterocycles. The summed E-state index contributed by atoms with van der Waals surface area (Å²) in [6.45, 7) is 1.57. The van der Waals surface area contributed by atoms with Gasteiger partial charge in [-0.3, -0.25) is 9.59 Å². The van der Waals surface area contributed by atoms with Gasteiger partial charge in [0.2, 0.25) is 5.91 Å². The number of benzene rings is 2. The molecule has 0 radical (unpaired) electrons. The Kier molecular flexibility index (Phi) is 6.25. The largest absolute Gasteiger partial charge is 0.462 e. The van der Waals surface area contributed by atoms with E-state index in [-0.39, 0.29) is 18.3 Å². The number of esters is 1. The van der Waals surface area contributed by atoms with Gasteiger partial charge in [0.15, 0.2) is 5.78 Å². The molecule has 1 amide bonds. The van der Waals surface area contributed by atoms with Gasteiger partial charge in [-0.15, -0.1) is 0 Å². The van der Waals surface area contributed by atoms with E-state index < -0.39 is 5.97 Å². The summed E-state index contributed by atoms with van der Waals surface area (Å²) in [7, 11) is 0. The quantitative estimate of drug-likeness (QED) is 0.481. The van der Waals surface area contributed by atoms with Crippen molar-refractivity contribution in [2.45, 2.75) is 19.8 Å². The van der Waals surface area contributed by atoms with Crippen LogP contribution in [0.4, 0.5) is 5.69 Å². The maximum atomic E-state index is 12.0. The Balaban J connectivity index is 1.79. The highest BCUT2D eigenvalue weighted by molar-refractivity contribution is 5.96. The van der Waals surface area contributed by atoms with Crippen molar-refractivity contribution >= 4 is 23.3 Å². The lowest BCUT2D eigenvalue weighted by Crippen LogP contribution is -2.10. The first-order chi connectivity index (χ1) is 11.6. The van der Waals surface area contributed by atoms with E-state index in [9.17, 15) is 14.4 Å². The Morgan fingerprint density at radius 3 is 2.38 bits per heavy atom. The summed E-state index contributed by atoms with van der Waals surface area (Å²) in [5, 5.41) is 2.61. The molecular formula is C19H19NO4. The third-order valence-corrected chi connectivity index (χ3v) is 3.30. The van der Waals surface area contributed by atoms with Crippen LogP contribution in [0.25, 0.3) is 0 Å². The lowest BCUT2D eigenvalue weighted by atomic mass is 10.1. The smallest absolute Gasteiger partial charge is 0.338 e. The number of carbonyl (C=O) groups is 3. The standard InChI is InChI=1S/C19H19NO4/c1-14(21)20-17-10-5-9-16(13-17)19(23)24-12-6-11-18(22)15-7-3-2-4-8-15/h2-5,7-10,13H,6,11-12H2,1H3,(H,20,21). The van der Waals surface area contributed by atoms with Crippen LogP contribution in [0.3, 0.4) is 0 Å². The molecule has 0 bridgehead atoms. The molecular weight excluding hydrogens is 306 g/mol. The first kappa shape index (κ1) is 17.4. The van der Waals surface area contributed by atoms with Gasteiger partial charge in [0.1, 0.15) is 0 Å². The zero-order valence-corrected chi connectivity index (χ0v) is 13.5. The summed E-state index contributed by atoms with van der Waals surface area (Å²) in [6, 6.07) is 15.5. The van der Waals surface area contributed by atoms with Gasteiger partial charge in [0, 0.05) is 24.6 Å². The second kappa shape index (κ2) is 8.62. The molecule has 0 fully saturated rings. The van der Waals surface area contributed by atoms with Crippen molar-refractivity contribution < 1.29 is 19.1 Å². The molecule has 0 heterocycles. The number of ketones is 1. The zero-order chi connectivity index (χ0) is 17.4. The first-order valence-electron chi connectivity index (χ1n) is 7.69. The van der Waals surface area contributed by atoms with Crippen LogP contribution in [0.1, 0.15) is 40.5 Å². The Morgan fingerprint density at radius 2 is 1.67 bits per heavy atom. The Bertz CT molecular complexity index is 725. The molecule has 0 aliphatic carbocycles. The average Bonchev–Trinajstić information content (AvgIpc) is 2.58. The fourth-order valence-electron chi connectivity index (χ4n) is 2.18. The fourth-order valence-corrected chi connectivity index (χ4v) is 2.18. The molecule has 0 aliphatic heterocycles. The zero-order valence-electron chi connectivity index (χ0n) is 13.5. The number of amides is 1. The normalized spacial score (nSPS) is 10.0. The molecule has 124 valence electrons. The van der Waals surface area contributed by atoms with E-state index in [1.165, 1.54) is 6.92 Å². The van der Waals surface area contributed by atoms with Gasteiger partial charge in [0.05, 0.1) is 12.2 Å². The Morgan fingerprint density at radius 1 is 0.958 bits per heavy atom. The van der Waals surface area contributed by atoms with E-state index in [4.69, 9.17) is 4.74 Å². The molecule has 0 aliphatic rings. The number of rotatable bonds is 7. The Hall–Kier alpha value is -2.95. The highest BCUT2D eigenvalue weighted by Crippen LogP contribution is 2.12. The third kappa shape index (κ3) is 5.35. The van der Waals surface area contributed by atoms with E-state index in [0.717, 1.165) is 0 Å². The number of Topliss-reactive ketones (excluding diaryl/α,β-unsaturated/α-hetero) is 1. The predicted molar refractivity (Wildman–Crippen MR) is 91.0 cm³/mol. The lowest BCUT2D eigenvalue weighted by molar-refractivity contribution is -0.114. The van der Waals surface area contributed by atoms with Crippen molar-refractivity contribution in [2.24, 2.45) is 0 Å². The molecule has 2 rings (SSSR count). The maximum absolute atomic E-state index is 12.0. The number of carbonyl (C=O) groups excluding carboxylic acids is 3. The molecule has 2 aromatic rings. The lowest BCUT2D eigenvalue weighted by Gasteiger charge is -2.07. The van der Waals surface area contributed by atoms with Gasteiger partial charge >= 0.3 is 5.97 Å². The minimum absolute atomic E-state index is 0.0271. The van der Waals surface area contributed by atoms with Crippen LogP contribution in [-0.2, 0) is 9.53 Å². The molecule has 5 heteroatoms. The van der Waals surface area contributed by atoms with Crippen LogP contribution in [0.5, 0.6) is 0 Å². The molecule has 0 atom stereocenters. The third-order valence-electron chi connectivity index (χ3n) is 3.30. The summed E-state index contributed by atoms with van der Waals surface area (Å²) < 4.78 is 5.17. The van der Waals surface area contributed by atoms with E-state index in [1.807, 2.05) is 18.2 Å². The summed E-state index contributed by atoms with van der Waals surface area (Å²) in [4.78, 5) is 34.9. The number of anilines is 1. The van der Waals surface area contributed by atoms with Crippen molar-refractivity contribution in [2.75, 3.05) is 11.9 Å². The van der Waals surface area contributed by atoms with Crippen LogP contribution in [0, 0.1) is 0 Å². The summed E-state index contributed by atoms with van der Waals surface area (Å²) in [5.41, 5.74) is 1.55. The number of hydrogen-bond donors (Lipinski definition) is 1. The van der Waals surface area contributed by atoms with Crippen molar-refractivity contribution in [1.29, 1.82) is 0 Å². The number of hydrogen-bond acceptors (Lipinski definition) is 4. The van der Waals surface area contributed by atoms with Gasteiger partial charge in [-0.2, -0.15) is 0 Å². The first-order valence-corrected chi connectivity index (χ1v) is 7.69. The van der Waals surface area contributed by atoms with Crippen LogP contribution in [0.15, 0.2) is 54.6 Å². The highest BCUT2D eigenvalue weighted by atomic mass is 16.5. The number of ether oxygens (including phenoxy) is 1. The molecule has 0 unspecified atom stereocenters. The molecule has 24 heavy (non-hydrogen) atoms. The molecule has 5 nitrogen and oxygen atoms in total. The topological polar surface area (TPSA) is 72.5 Å². The summed E-state index contributed by atoms with van der Waals surface area (Å²) in [5.74, 6) is -0.659. The Labute approximate surface area is 140 Å². The van der Waals surface area contributed by atoms with E-state index >= 15 is 0 Å². The van der Waals surface area contributed by atoms with E-state index in [0.29, 0.717) is 29.7 Å². The molecule has 0 aromatic heterocycles. The van der Waals surface area contributed by atoms with Crippen molar-refractivity contribution in [3.8, 4) is 0 Å². The van der Waals surface area contributed by atoms with Gasteiger partial charge in [-0.25, -0.2) is 4.79 Å². The summed E-state index contributed by atoms with van der Waals surface area (Å²) >= 11 is 0. The molecule has 0 saturated carbocycles. The summed E-state index contributed by atoms with van der Waals surface area (Å²) in [6.07, 6.45) is 0.786. The molecule has 1 N–H and O–H groups in total.